The summed E-state index contributed by atoms with van der Waals surface area (Å²) >= 11 is 0. The lowest BCUT2D eigenvalue weighted by Gasteiger charge is -2.12. The highest BCUT2D eigenvalue weighted by Gasteiger charge is 2.08. The molecule has 0 aromatic heterocycles. The molecule has 2 aromatic rings. The summed E-state index contributed by atoms with van der Waals surface area (Å²) in [6.45, 7) is 0.419. The van der Waals surface area contributed by atoms with Gasteiger partial charge in [-0.05, 0) is 35.4 Å². The van der Waals surface area contributed by atoms with E-state index in [0.717, 1.165) is 16.9 Å². The molecule has 4 heteroatoms. The van der Waals surface area contributed by atoms with Crippen molar-refractivity contribution in [1.82, 2.24) is 4.90 Å². The highest BCUT2D eigenvalue weighted by atomic mass is 16.5. The number of ether oxygens (including phenoxy) is 1. The summed E-state index contributed by atoms with van der Waals surface area (Å²) in [7, 11) is 3.46. The van der Waals surface area contributed by atoms with Crippen LogP contribution in [0.3, 0.4) is 0 Å². The van der Waals surface area contributed by atoms with E-state index in [-0.39, 0.29) is 12.5 Å². The number of benzene rings is 2. The number of carbonyl (C=O) groups is 1. The fourth-order valence-corrected chi connectivity index (χ4v) is 1.91. The molecule has 2 aromatic carbocycles. The molecule has 1 N–H and O–H groups in total. The average molecular weight is 285 g/mol. The maximum atomic E-state index is 11.9. The fraction of sp³-hybridized carbons (Fsp3) is 0.235. The number of rotatable bonds is 5. The first-order valence-electron chi connectivity index (χ1n) is 6.73. The van der Waals surface area contributed by atoms with Crippen molar-refractivity contribution in [3.8, 4) is 5.75 Å². The van der Waals surface area contributed by atoms with Gasteiger partial charge in [0.15, 0.2) is 0 Å². The number of carbonyl (C=O) groups excluding carboxylic acids is 1. The van der Waals surface area contributed by atoms with Crippen molar-refractivity contribution in [1.29, 1.82) is 0 Å². The molecule has 0 aliphatic rings. The molecule has 4 nitrogen and oxygen atoms in total. The van der Waals surface area contributed by atoms with E-state index in [0.29, 0.717) is 12.2 Å². The van der Waals surface area contributed by atoms with Gasteiger partial charge in [-0.1, -0.05) is 24.3 Å². The third kappa shape index (κ3) is 4.07. The van der Waals surface area contributed by atoms with Crippen LogP contribution in [-0.2, 0) is 13.2 Å². The predicted octanol–water partition coefficient (Wildman–Crippen LogP) is 2.46. The van der Waals surface area contributed by atoms with E-state index in [2.05, 4.69) is 0 Å². The lowest BCUT2D eigenvalue weighted by atomic mass is 10.1. The SMILES string of the molecule is CN(C)C(=O)c1cccc(COc2ccc(CO)cc2)c1. The molecule has 2 rings (SSSR count). The molecule has 0 spiro atoms. The molecule has 21 heavy (non-hydrogen) atoms. The monoisotopic (exact) mass is 285 g/mol. The molecule has 1 amide bonds. The molecular weight excluding hydrogens is 266 g/mol. The highest BCUT2D eigenvalue weighted by molar-refractivity contribution is 5.94. The Hall–Kier alpha value is -2.33. The van der Waals surface area contributed by atoms with E-state index in [4.69, 9.17) is 9.84 Å². The summed E-state index contributed by atoms with van der Waals surface area (Å²) in [4.78, 5) is 13.5. The molecule has 0 aliphatic carbocycles. The van der Waals surface area contributed by atoms with E-state index in [9.17, 15) is 4.79 Å². The van der Waals surface area contributed by atoms with Gasteiger partial charge in [-0.15, -0.1) is 0 Å². The van der Waals surface area contributed by atoms with Crippen LogP contribution < -0.4 is 4.74 Å². The Morgan fingerprint density at radius 2 is 1.81 bits per heavy atom. The second kappa shape index (κ2) is 6.90. The third-order valence-electron chi connectivity index (χ3n) is 3.09. The summed E-state index contributed by atoms with van der Waals surface area (Å²) < 4.78 is 5.68. The van der Waals surface area contributed by atoms with E-state index in [1.54, 1.807) is 25.1 Å². The van der Waals surface area contributed by atoms with Gasteiger partial charge in [-0.25, -0.2) is 0 Å². The first-order valence-corrected chi connectivity index (χ1v) is 6.73. The van der Waals surface area contributed by atoms with Gasteiger partial charge in [-0.3, -0.25) is 4.79 Å². The van der Waals surface area contributed by atoms with E-state index < -0.39 is 0 Å². The Balaban J connectivity index is 2.02. The fourth-order valence-electron chi connectivity index (χ4n) is 1.91. The standard InChI is InChI=1S/C17H19NO3/c1-18(2)17(20)15-5-3-4-14(10-15)12-21-16-8-6-13(11-19)7-9-16/h3-10,19H,11-12H2,1-2H3. The van der Waals surface area contributed by atoms with Crippen molar-refractivity contribution in [2.45, 2.75) is 13.2 Å². The van der Waals surface area contributed by atoms with Crippen LogP contribution in [-0.4, -0.2) is 30.0 Å². The van der Waals surface area contributed by atoms with Crippen molar-refractivity contribution < 1.29 is 14.6 Å². The van der Waals surface area contributed by atoms with Crippen LogP contribution in [0.5, 0.6) is 5.75 Å². The largest absolute Gasteiger partial charge is 0.489 e. The van der Waals surface area contributed by atoms with Crippen LogP contribution in [0.15, 0.2) is 48.5 Å². The zero-order chi connectivity index (χ0) is 15.2. The summed E-state index contributed by atoms with van der Waals surface area (Å²) in [5.74, 6) is 0.709. The minimum absolute atomic E-state index is 0.0228. The number of aliphatic hydroxyl groups excluding tert-OH is 1. The van der Waals surface area contributed by atoms with Gasteiger partial charge in [0.1, 0.15) is 12.4 Å². The Morgan fingerprint density at radius 1 is 1.10 bits per heavy atom. The summed E-state index contributed by atoms with van der Waals surface area (Å²) in [6, 6.07) is 14.7. The highest BCUT2D eigenvalue weighted by Crippen LogP contribution is 2.15. The smallest absolute Gasteiger partial charge is 0.253 e. The number of hydrogen-bond donors (Lipinski definition) is 1. The lowest BCUT2D eigenvalue weighted by molar-refractivity contribution is 0.0827. The molecule has 0 atom stereocenters. The van der Waals surface area contributed by atoms with Gasteiger partial charge >= 0.3 is 0 Å². The van der Waals surface area contributed by atoms with Crippen molar-refractivity contribution in [2.75, 3.05) is 14.1 Å². The van der Waals surface area contributed by atoms with Crippen LogP contribution in [0, 0.1) is 0 Å². The van der Waals surface area contributed by atoms with Crippen molar-refractivity contribution >= 4 is 5.91 Å². The minimum Gasteiger partial charge on any atom is -0.489 e. The first-order chi connectivity index (χ1) is 10.1. The second-order valence-corrected chi connectivity index (χ2v) is 4.99. The maximum absolute atomic E-state index is 11.9. The molecule has 110 valence electrons. The molecular formula is C17H19NO3. The number of amides is 1. The quantitative estimate of drug-likeness (QED) is 0.918. The van der Waals surface area contributed by atoms with Crippen LogP contribution in [0.2, 0.25) is 0 Å². The average Bonchev–Trinajstić information content (AvgIpc) is 2.53. The lowest BCUT2D eigenvalue weighted by Crippen LogP contribution is -2.21. The number of hydrogen-bond acceptors (Lipinski definition) is 3. The second-order valence-electron chi connectivity index (χ2n) is 4.99. The van der Waals surface area contributed by atoms with Crippen molar-refractivity contribution in [3.63, 3.8) is 0 Å². The normalized spacial score (nSPS) is 10.2. The van der Waals surface area contributed by atoms with Gasteiger partial charge in [0.05, 0.1) is 6.61 Å². The van der Waals surface area contributed by atoms with Gasteiger partial charge in [-0.2, -0.15) is 0 Å². The van der Waals surface area contributed by atoms with Crippen LogP contribution in [0.1, 0.15) is 21.5 Å². The van der Waals surface area contributed by atoms with E-state index >= 15 is 0 Å². The van der Waals surface area contributed by atoms with Crippen LogP contribution in [0.25, 0.3) is 0 Å². The summed E-state index contributed by atoms with van der Waals surface area (Å²) in [5.41, 5.74) is 2.44. The van der Waals surface area contributed by atoms with Gasteiger partial charge < -0.3 is 14.7 Å². The zero-order valence-corrected chi connectivity index (χ0v) is 12.2. The molecule has 0 unspecified atom stereocenters. The third-order valence-corrected chi connectivity index (χ3v) is 3.09. The van der Waals surface area contributed by atoms with Gasteiger partial charge in [0.25, 0.3) is 5.91 Å². The zero-order valence-electron chi connectivity index (χ0n) is 12.2. The Morgan fingerprint density at radius 3 is 2.43 bits per heavy atom. The van der Waals surface area contributed by atoms with Crippen molar-refractivity contribution in [2.24, 2.45) is 0 Å². The molecule has 0 fully saturated rings. The number of aliphatic hydroxyl groups is 1. The Bertz CT molecular complexity index is 606. The summed E-state index contributed by atoms with van der Waals surface area (Å²) in [6.07, 6.45) is 0. The topological polar surface area (TPSA) is 49.8 Å². The molecule has 0 radical (unpaired) electrons. The Labute approximate surface area is 124 Å². The molecule has 0 heterocycles. The number of nitrogens with zero attached hydrogens (tertiary/aromatic N) is 1. The minimum atomic E-state index is -0.0239. The predicted molar refractivity (Wildman–Crippen MR) is 81.2 cm³/mol. The first kappa shape index (κ1) is 15.1. The molecule has 0 saturated carbocycles. The summed E-state index contributed by atoms with van der Waals surface area (Å²) in [5, 5.41) is 8.99. The molecule has 0 saturated heterocycles. The molecule has 0 bridgehead atoms. The van der Waals surface area contributed by atoms with Crippen LogP contribution >= 0.6 is 0 Å². The van der Waals surface area contributed by atoms with Crippen molar-refractivity contribution in [3.05, 3.63) is 65.2 Å². The van der Waals surface area contributed by atoms with E-state index in [1.165, 1.54) is 0 Å². The van der Waals surface area contributed by atoms with Crippen LogP contribution in [0.4, 0.5) is 0 Å². The van der Waals surface area contributed by atoms with E-state index in [1.807, 2.05) is 42.5 Å². The Kier molecular flexibility index (Phi) is 4.95. The van der Waals surface area contributed by atoms with Gasteiger partial charge in [0, 0.05) is 19.7 Å². The maximum Gasteiger partial charge on any atom is 0.253 e. The van der Waals surface area contributed by atoms with Gasteiger partial charge in [0.2, 0.25) is 0 Å². The molecule has 0 aliphatic heterocycles.